The van der Waals surface area contributed by atoms with E-state index in [0.717, 1.165) is 0 Å². The summed E-state index contributed by atoms with van der Waals surface area (Å²) < 4.78 is 23.1. The molecule has 0 aliphatic heterocycles. The summed E-state index contributed by atoms with van der Waals surface area (Å²) >= 11 is 0. The first-order valence-electron chi connectivity index (χ1n) is 2.31. The van der Waals surface area contributed by atoms with Gasteiger partial charge in [-0.15, -0.1) is 0 Å². The molecule has 0 heterocycles. The van der Waals surface area contributed by atoms with Gasteiger partial charge in [0.1, 0.15) is 7.28 Å². The van der Waals surface area contributed by atoms with Gasteiger partial charge >= 0.3 is 0 Å². The summed E-state index contributed by atoms with van der Waals surface area (Å²) in [6, 6.07) is 0. The maximum Gasteiger partial charge on any atom is 0.203 e. The van der Waals surface area contributed by atoms with Crippen molar-refractivity contribution in [1.82, 2.24) is 4.72 Å². The Morgan fingerprint density at radius 1 is 1.62 bits per heavy atom. The lowest BCUT2D eigenvalue weighted by Gasteiger charge is -1.95. The smallest absolute Gasteiger partial charge is 0.203 e. The fourth-order valence-electron chi connectivity index (χ4n) is 0.303. The Kier molecular flexibility index (Phi) is 3.08. The largest absolute Gasteiger partial charge is 0.219 e. The predicted octanol–water partition coefficient (Wildman–Crippen LogP) is -0.755. The summed E-state index contributed by atoms with van der Waals surface area (Å²) in [4.78, 5) is 0. The number of hydrogen-bond donors (Lipinski definition) is 1. The van der Waals surface area contributed by atoms with E-state index in [1.54, 1.807) is 14.1 Å². The third-order valence-electron chi connectivity index (χ3n) is 0.697. The molecule has 0 aromatic rings. The lowest BCUT2D eigenvalue weighted by Crippen LogP contribution is -2.24. The van der Waals surface area contributed by atoms with Crippen LogP contribution in [-0.4, -0.2) is 28.4 Å². The molecule has 8 heavy (non-hydrogen) atoms. The zero-order chi connectivity index (χ0) is 6.62. The Morgan fingerprint density at radius 3 is 2.25 bits per heavy atom. The molecule has 0 aromatic carbocycles. The zero-order valence-corrected chi connectivity index (χ0v) is 5.83. The summed E-state index contributed by atoms with van der Waals surface area (Å²) in [6.45, 7) is 1.70. The average Bonchev–Trinajstić information content (AvgIpc) is 1.67. The molecule has 0 spiro atoms. The van der Waals surface area contributed by atoms with Crippen LogP contribution < -0.4 is 4.72 Å². The Hall–Kier alpha value is -0.0251. The van der Waals surface area contributed by atoms with Gasteiger partial charge in [-0.05, 0) is 7.05 Å². The molecule has 0 unspecified atom stereocenters. The van der Waals surface area contributed by atoms with E-state index in [9.17, 15) is 8.42 Å². The van der Waals surface area contributed by atoms with Gasteiger partial charge in [-0.1, -0.05) is 6.82 Å². The minimum atomic E-state index is -2.98. The second kappa shape index (κ2) is 3.09. The fraction of sp³-hybridized carbons (Fsp3) is 1.00. The number of rotatable bonds is 3. The average molecular weight is 134 g/mol. The molecule has 3 nitrogen and oxygen atoms in total. The van der Waals surface area contributed by atoms with E-state index in [0.29, 0.717) is 0 Å². The maximum absolute atomic E-state index is 10.5. The molecule has 47 valence electrons. The highest BCUT2D eigenvalue weighted by Crippen LogP contribution is 1.76. The Balaban J connectivity index is 3.76. The SMILES string of the molecule is C[B]CS(=O)(=O)NC. The van der Waals surface area contributed by atoms with Gasteiger partial charge in [-0.2, -0.15) is 0 Å². The van der Waals surface area contributed by atoms with Crippen molar-refractivity contribution in [3.05, 3.63) is 0 Å². The second-order valence-electron chi connectivity index (χ2n) is 1.39. The first-order valence-corrected chi connectivity index (χ1v) is 3.96. The monoisotopic (exact) mass is 134 g/mol. The summed E-state index contributed by atoms with van der Waals surface area (Å²) in [5, 5.41) is 0. The lowest BCUT2D eigenvalue weighted by atomic mass is 9.87. The van der Waals surface area contributed by atoms with Gasteiger partial charge in [-0.25, -0.2) is 13.1 Å². The Morgan fingerprint density at radius 2 is 2.12 bits per heavy atom. The van der Waals surface area contributed by atoms with Gasteiger partial charge in [0.25, 0.3) is 0 Å². The van der Waals surface area contributed by atoms with Crippen LogP contribution in [0.4, 0.5) is 0 Å². The molecular formula is C3H9BNO2S. The highest BCUT2D eigenvalue weighted by molar-refractivity contribution is 7.90. The Bertz CT molecular complexity index is 141. The summed E-state index contributed by atoms with van der Waals surface area (Å²) in [5.74, 6) is 0. The van der Waals surface area contributed by atoms with Crippen molar-refractivity contribution >= 4 is 17.3 Å². The number of nitrogens with one attached hydrogen (secondary N) is 1. The van der Waals surface area contributed by atoms with Gasteiger partial charge < -0.3 is 0 Å². The molecule has 0 aliphatic carbocycles. The highest BCUT2D eigenvalue weighted by atomic mass is 32.2. The molecular weight excluding hydrogens is 125 g/mol. The van der Waals surface area contributed by atoms with Crippen LogP contribution in [-0.2, 0) is 10.0 Å². The first-order chi connectivity index (χ1) is 3.62. The van der Waals surface area contributed by atoms with Gasteiger partial charge in [-0.3, -0.25) is 0 Å². The molecule has 1 radical (unpaired) electrons. The minimum Gasteiger partial charge on any atom is -0.219 e. The van der Waals surface area contributed by atoms with Gasteiger partial charge in [0.15, 0.2) is 0 Å². The molecule has 0 saturated carbocycles. The van der Waals surface area contributed by atoms with Crippen LogP contribution in [0.15, 0.2) is 0 Å². The maximum atomic E-state index is 10.5. The van der Waals surface area contributed by atoms with Crippen molar-refractivity contribution in [3.8, 4) is 0 Å². The van der Waals surface area contributed by atoms with Crippen LogP contribution in [0.25, 0.3) is 0 Å². The normalized spacial score (nSPS) is 11.2. The molecule has 0 bridgehead atoms. The Labute approximate surface area is 50.8 Å². The van der Waals surface area contributed by atoms with E-state index < -0.39 is 10.0 Å². The second-order valence-corrected chi connectivity index (χ2v) is 3.36. The topological polar surface area (TPSA) is 46.2 Å². The molecule has 0 saturated heterocycles. The van der Waals surface area contributed by atoms with E-state index in [1.807, 2.05) is 0 Å². The van der Waals surface area contributed by atoms with Crippen LogP contribution in [0.1, 0.15) is 0 Å². The molecule has 0 amide bonds. The molecule has 0 atom stereocenters. The van der Waals surface area contributed by atoms with Crippen molar-refractivity contribution < 1.29 is 8.42 Å². The van der Waals surface area contributed by atoms with Crippen LogP contribution in [0.2, 0.25) is 6.82 Å². The molecule has 5 heteroatoms. The summed E-state index contributed by atoms with van der Waals surface area (Å²) in [5.41, 5.74) is 0.101. The number of sulfonamides is 1. The van der Waals surface area contributed by atoms with E-state index >= 15 is 0 Å². The van der Waals surface area contributed by atoms with Crippen molar-refractivity contribution in [2.45, 2.75) is 6.82 Å². The van der Waals surface area contributed by atoms with Crippen LogP contribution >= 0.6 is 0 Å². The quantitative estimate of drug-likeness (QED) is 0.516. The molecule has 0 aliphatic rings. The van der Waals surface area contributed by atoms with E-state index in [1.165, 1.54) is 7.05 Å². The summed E-state index contributed by atoms with van der Waals surface area (Å²) in [7, 11) is 0.0156. The third-order valence-corrected chi connectivity index (χ3v) is 2.09. The summed E-state index contributed by atoms with van der Waals surface area (Å²) in [6.07, 6.45) is 0. The van der Waals surface area contributed by atoms with Crippen molar-refractivity contribution in [3.63, 3.8) is 0 Å². The molecule has 0 fully saturated rings. The predicted molar refractivity (Wildman–Crippen MR) is 34.5 cm³/mol. The van der Waals surface area contributed by atoms with E-state index in [2.05, 4.69) is 4.72 Å². The van der Waals surface area contributed by atoms with E-state index in [4.69, 9.17) is 0 Å². The van der Waals surface area contributed by atoms with Gasteiger partial charge in [0.05, 0.1) is 0 Å². The highest BCUT2D eigenvalue weighted by Gasteiger charge is 2.02. The minimum absolute atomic E-state index is 0.101. The molecule has 0 rings (SSSR count). The van der Waals surface area contributed by atoms with Crippen LogP contribution in [0.3, 0.4) is 0 Å². The van der Waals surface area contributed by atoms with Crippen molar-refractivity contribution in [2.75, 3.05) is 12.7 Å². The van der Waals surface area contributed by atoms with E-state index in [-0.39, 0.29) is 5.65 Å². The van der Waals surface area contributed by atoms with Gasteiger partial charge in [0, 0.05) is 5.65 Å². The molecule has 1 N–H and O–H groups in total. The van der Waals surface area contributed by atoms with Crippen molar-refractivity contribution in [1.29, 1.82) is 0 Å². The molecule has 0 aromatic heterocycles. The van der Waals surface area contributed by atoms with Crippen LogP contribution in [0.5, 0.6) is 0 Å². The standard InChI is InChI=1S/C3H9BNO2S/c1-4-3-8(6,7)5-2/h5H,3H2,1-2H3. The van der Waals surface area contributed by atoms with Crippen molar-refractivity contribution in [2.24, 2.45) is 0 Å². The first kappa shape index (κ1) is 7.97. The van der Waals surface area contributed by atoms with Gasteiger partial charge in [0.2, 0.25) is 10.0 Å². The zero-order valence-electron chi connectivity index (χ0n) is 5.01. The van der Waals surface area contributed by atoms with Crippen LogP contribution in [0, 0.1) is 0 Å². The lowest BCUT2D eigenvalue weighted by molar-refractivity contribution is 0.593. The number of hydrogen-bond acceptors (Lipinski definition) is 2. The third kappa shape index (κ3) is 3.04. The fourth-order valence-corrected chi connectivity index (χ4v) is 0.908.